The second-order valence-electron chi connectivity index (χ2n) is 7.62. The number of piperidine rings is 1. The number of nitrogens with zero attached hydrogens (tertiary/aromatic N) is 6. The van der Waals surface area contributed by atoms with Crippen LogP contribution in [0.2, 0.25) is 5.15 Å². The standard InChI is InChI=1S/C17H20ClFN6O/c1-17(2,3)15-22-16(26-23-15)24-6-4-10(5-7-24)25-8-11(19)12-13(18)20-9-21-14(12)25/h8-10H,4-7H2,1-3H3. The molecule has 0 bridgehead atoms. The van der Waals surface area contributed by atoms with E-state index in [0.717, 1.165) is 25.9 Å². The Morgan fingerprint density at radius 1 is 1.23 bits per heavy atom. The van der Waals surface area contributed by atoms with Crippen LogP contribution in [-0.4, -0.2) is 37.8 Å². The molecule has 0 N–H and O–H groups in total. The van der Waals surface area contributed by atoms with Gasteiger partial charge >= 0.3 is 6.01 Å². The molecule has 1 aliphatic heterocycles. The number of rotatable bonds is 2. The molecule has 0 spiro atoms. The zero-order valence-corrected chi connectivity index (χ0v) is 15.7. The summed E-state index contributed by atoms with van der Waals surface area (Å²) in [7, 11) is 0. The highest BCUT2D eigenvalue weighted by molar-refractivity contribution is 6.34. The van der Waals surface area contributed by atoms with E-state index in [1.807, 2.05) is 25.3 Å². The molecular formula is C17H20ClFN6O. The van der Waals surface area contributed by atoms with Crippen LogP contribution in [0.4, 0.5) is 10.4 Å². The van der Waals surface area contributed by atoms with Crippen LogP contribution in [0.5, 0.6) is 0 Å². The molecule has 0 amide bonds. The predicted molar refractivity (Wildman–Crippen MR) is 96.0 cm³/mol. The molecule has 0 radical (unpaired) electrons. The van der Waals surface area contributed by atoms with Gasteiger partial charge in [-0.25, -0.2) is 14.4 Å². The molecular weight excluding hydrogens is 359 g/mol. The molecule has 0 atom stereocenters. The quantitative estimate of drug-likeness (QED) is 0.632. The number of hydrogen-bond acceptors (Lipinski definition) is 6. The summed E-state index contributed by atoms with van der Waals surface area (Å²) < 4.78 is 21.5. The fraction of sp³-hybridized carbons (Fsp3) is 0.529. The maximum atomic E-state index is 14.2. The summed E-state index contributed by atoms with van der Waals surface area (Å²) >= 11 is 6.02. The Morgan fingerprint density at radius 3 is 2.62 bits per heavy atom. The molecule has 26 heavy (non-hydrogen) atoms. The van der Waals surface area contributed by atoms with Gasteiger partial charge in [0.05, 0.1) is 5.39 Å². The Balaban J connectivity index is 1.52. The highest BCUT2D eigenvalue weighted by atomic mass is 35.5. The van der Waals surface area contributed by atoms with Crippen LogP contribution in [0, 0.1) is 5.82 Å². The summed E-state index contributed by atoms with van der Waals surface area (Å²) in [5, 5.41) is 4.50. The zero-order chi connectivity index (χ0) is 18.5. The first-order valence-corrected chi connectivity index (χ1v) is 8.98. The maximum absolute atomic E-state index is 14.2. The summed E-state index contributed by atoms with van der Waals surface area (Å²) in [6.07, 6.45) is 4.47. The van der Waals surface area contributed by atoms with Crippen LogP contribution >= 0.6 is 11.6 Å². The predicted octanol–water partition coefficient (Wildman–Crippen LogP) is 3.75. The molecule has 9 heteroatoms. The largest absolute Gasteiger partial charge is 0.326 e. The fourth-order valence-electron chi connectivity index (χ4n) is 3.27. The summed E-state index contributed by atoms with van der Waals surface area (Å²) in [4.78, 5) is 14.7. The van der Waals surface area contributed by atoms with Gasteiger partial charge in [0.2, 0.25) is 0 Å². The highest BCUT2D eigenvalue weighted by Gasteiger charge is 2.28. The Hall–Kier alpha value is -2.22. The molecule has 3 aromatic heterocycles. The summed E-state index contributed by atoms with van der Waals surface area (Å²) in [5.74, 6) is 0.305. The van der Waals surface area contributed by atoms with Gasteiger partial charge in [0, 0.05) is 30.7 Å². The molecule has 4 rings (SSSR count). The van der Waals surface area contributed by atoms with Gasteiger partial charge in [-0.3, -0.25) is 0 Å². The van der Waals surface area contributed by atoms with Crippen LogP contribution in [-0.2, 0) is 5.41 Å². The van der Waals surface area contributed by atoms with E-state index in [0.29, 0.717) is 17.5 Å². The number of anilines is 1. The molecule has 0 unspecified atom stereocenters. The van der Waals surface area contributed by atoms with E-state index in [1.54, 1.807) is 0 Å². The fourth-order valence-corrected chi connectivity index (χ4v) is 3.49. The molecule has 4 heterocycles. The topological polar surface area (TPSA) is 72.9 Å². The Kier molecular flexibility index (Phi) is 4.10. The monoisotopic (exact) mass is 378 g/mol. The molecule has 0 saturated carbocycles. The third-order valence-corrected chi connectivity index (χ3v) is 5.02. The molecule has 1 aliphatic rings. The van der Waals surface area contributed by atoms with Crippen LogP contribution in [0.15, 0.2) is 17.0 Å². The SMILES string of the molecule is CC(C)(C)c1noc(N2CCC(n3cc(F)c4c(Cl)ncnc43)CC2)n1. The van der Waals surface area contributed by atoms with E-state index in [9.17, 15) is 4.39 Å². The minimum absolute atomic E-state index is 0.134. The van der Waals surface area contributed by atoms with Crippen LogP contribution in [0.1, 0.15) is 45.5 Å². The number of halogens is 2. The van der Waals surface area contributed by atoms with Gasteiger partial charge < -0.3 is 14.0 Å². The van der Waals surface area contributed by atoms with E-state index in [-0.39, 0.29) is 27.8 Å². The Bertz CT molecular complexity index is 939. The van der Waals surface area contributed by atoms with Gasteiger partial charge in [-0.2, -0.15) is 4.98 Å². The van der Waals surface area contributed by atoms with Crippen molar-refractivity contribution in [3.63, 3.8) is 0 Å². The number of hydrogen-bond donors (Lipinski definition) is 0. The smallest absolute Gasteiger partial charge is 0.324 e. The molecule has 3 aromatic rings. The van der Waals surface area contributed by atoms with E-state index < -0.39 is 0 Å². The van der Waals surface area contributed by atoms with Gasteiger partial charge in [-0.05, 0) is 12.8 Å². The third-order valence-electron chi connectivity index (χ3n) is 4.73. The summed E-state index contributed by atoms with van der Waals surface area (Å²) in [6, 6.07) is 0.677. The van der Waals surface area contributed by atoms with Gasteiger partial charge in [-0.1, -0.05) is 37.5 Å². The normalized spacial score (nSPS) is 16.6. The van der Waals surface area contributed by atoms with E-state index in [4.69, 9.17) is 16.1 Å². The van der Waals surface area contributed by atoms with E-state index in [1.165, 1.54) is 12.5 Å². The Labute approximate surface area is 155 Å². The van der Waals surface area contributed by atoms with Gasteiger partial charge in [0.15, 0.2) is 11.6 Å². The molecule has 138 valence electrons. The zero-order valence-electron chi connectivity index (χ0n) is 14.9. The Morgan fingerprint density at radius 2 is 1.96 bits per heavy atom. The molecule has 1 fully saturated rings. The number of aromatic nitrogens is 5. The van der Waals surface area contributed by atoms with Crippen LogP contribution in [0.3, 0.4) is 0 Å². The van der Waals surface area contributed by atoms with E-state index >= 15 is 0 Å². The highest BCUT2D eigenvalue weighted by Crippen LogP contribution is 2.32. The molecule has 1 saturated heterocycles. The lowest BCUT2D eigenvalue weighted by atomic mass is 9.96. The first-order chi connectivity index (χ1) is 12.3. The van der Waals surface area contributed by atoms with Crippen molar-refractivity contribution in [2.24, 2.45) is 0 Å². The van der Waals surface area contributed by atoms with Crippen molar-refractivity contribution in [1.82, 2.24) is 24.7 Å². The average Bonchev–Trinajstić information content (AvgIpc) is 3.21. The molecule has 0 aromatic carbocycles. The first kappa shape index (κ1) is 17.2. The lowest BCUT2D eigenvalue weighted by molar-refractivity contribution is 0.356. The van der Waals surface area contributed by atoms with Gasteiger partial charge in [0.1, 0.15) is 17.1 Å². The van der Waals surface area contributed by atoms with Gasteiger partial charge in [-0.15, -0.1) is 0 Å². The van der Waals surface area contributed by atoms with Crippen molar-refractivity contribution in [3.8, 4) is 0 Å². The lowest BCUT2D eigenvalue weighted by Crippen LogP contribution is -2.34. The molecule has 7 nitrogen and oxygen atoms in total. The lowest BCUT2D eigenvalue weighted by Gasteiger charge is -2.31. The maximum Gasteiger partial charge on any atom is 0.324 e. The van der Waals surface area contributed by atoms with E-state index in [2.05, 4.69) is 25.0 Å². The number of fused-ring (bicyclic) bond motifs is 1. The van der Waals surface area contributed by atoms with Crippen molar-refractivity contribution in [2.45, 2.75) is 45.1 Å². The minimum atomic E-state index is -0.389. The van der Waals surface area contributed by atoms with Crippen LogP contribution < -0.4 is 4.90 Å². The van der Waals surface area contributed by atoms with Crippen molar-refractivity contribution >= 4 is 28.6 Å². The first-order valence-electron chi connectivity index (χ1n) is 8.60. The molecule has 0 aliphatic carbocycles. The average molecular weight is 379 g/mol. The third kappa shape index (κ3) is 2.92. The van der Waals surface area contributed by atoms with Crippen molar-refractivity contribution in [2.75, 3.05) is 18.0 Å². The van der Waals surface area contributed by atoms with Crippen molar-refractivity contribution < 1.29 is 8.91 Å². The second-order valence-corrected chi connectivity index (χ2v) is 7.97. The minimum Gasteiger partial charge on any atom is -0.326 e. The second kappa shape index (κ2) is 6.19. The van der Waals surface area contributed by atoms with Crippen molar-refractivity contribution in [1.29, 1.82) is 0 Å². The van der Waals surface area contributed by atoms with Crippen LogP contribution in [0.25, 0.3) is 11.0 Å². The summed E-state index contributed by atoms with van der Waals surface area (Å²) in [6.45, 7) is 7.64. The van der Waals surface area contributed by atoms with Crippen molar-refractivity contribution in [3.05, 3.63) is 29.3 Å². The summed E-state index contributed by atoms with van der Waals surface area (Å²) in [5.41, 5.74) is 0.384. The van der Waals surface area contributed by atoms with Gasteiger partial charge in [0.25, 0.3) is 0 Å².